The molecule has 0 spiro atoms. The molecule has 0 fully saturated rings. The van der Waals surface area contributed by atoms with Crippen molar-refractivity contribution in [3.63, 3.8) is 0 Å². The second kappa shape index (κ2) is 5.90. The van der Waals surface area contributed by atoms with Crippen LogP contribution in [0.15, 0.2) is 24.3 Å². The van der Waals surface area contributed by atoms with Crippen LogP contribution >= 0.6 is 11.8 Å². The minimum Gasteiger partial charge on any atom is -0.508 e. The summed E-state index contributed by atoms with van der Waals surface area (Å²) in [4.78, 5) is 0. The third-order valence-corrected chi connectivity index (χ3v) is 2.86. The van der Waals surface area contributed by atoms with Gasteiger partial charge in [0.2, 0.25) is 0 Å². The quantitative estimate of drug-likeness (QED) is 0.683. The molecule has 0 amide bonds. The number of rotatable bonds is 5. The van der Waals surface area contributed by atoms with E-state index in [1.807, 2.05) is 6.07 Å². The van der Waals surface area contributed by atoms with E-state index in [1.54, 1.807) is 18.2 Å². The SMILES string of the molecule is OCC(O)CSCc1cccc(O)c1. The number of thioether (sulfide) groups is 1. The molecule has 1 unspecified atom stereocenters. The maximum absolute atomic E-state index is 9.17. The lowest BCUT2D eigenvalue weighted by Gasteiger charge is -2.06. The Kier molecular flexibility index (Phi) is 4.79. The second-order valence-electron chi connectivity index (χ2n) is 3.02. The van der Waals surface area contributed by atoms with Crippen molar-refractivity contribution in [3.8, 4) is 5.75 Å². The number of hydrogen-bond donors (Lipinski definition) is 3. The van der Waals surface area contributed by atoms with E-state index in [0.717, 1.165) is 11.3 Å². The van der Waals surface area contributed by atoms with Crippen molar-refractivity contribution >= 4 is 11.8 Å². The second-order valence-corrected chi connectivity index (χ2v) is 4.05. The minimum atomic E-state index is -0.655. The highest BCUT2D eigenvalue weighted by molar-refractivity contribution is 7.98. The van der Waals surface area contributed by atoms with Crippen molar-refractivity contribution in [2.45, 2.75) is 11.9 Å². The van der Waals surface area contributed by atoms with Crippen molar-refractivity contribution in [1.82, 2.24) is 0 Å². The number of phenols is 1. The molecule has 1 aromatic carbocycles. The van der Waals surface area contributed by atoms with Crippen molar-refractivity contribution in [2.75, 3.05) is 12.4 Å². The number of hydrogen-bond acceptors (Lipinski definition) is 4. The fourth-order valence-electron chi connectivity index (χ4n) is 1.01. The molecule has 0 aliphatic carbocycles. The first-order chi connectivity index (χ1) is 6.72. The highest BCUT2D eigenvalue weighted by Gasteiger charge is 2.02. The van der Waals surface area contributed by atoms with Gasteiger partial charge in [0.25, 0.3) is 0 Å². The van der Waals surface area contributed by atoms with E-state index in [2.05, 4.69) is 0 Å². The van der Waals surface area contributed by atoms with E-state index in [9.17, 15) is 0 Å². The first-order valence-electron chi connectivity index (χ1n) is 4.37. The molecule has 0 aliphatic heterocycles. The van der Waals surface area contributed by atoms with Crippen LogP contribution in [-0.4, -0.2) is 33.8 Å². The average molecular weight is 214 g/mol. The average Bonchev–Trinajstić information content (AvgIpc) is 2.17. The lowest BCUT2D eigenvalue weighted by molar-refractivity contribution is 0.113. The van der Waals surface area contributed by atoms with E-state index in [-0.39, 0.29) is 12.4 Å². The highest BCUT2D eigenvalue weighted by Crippen LogP contribution is 2.17. The van der Waals surface area contributed by atoms with Crippen LogP contribution in [-0.2, 0) is 5.75 Å². The summed E-state index contributed by atoms with van der Waals surface area (Å²) >= 11 is 1.53. The van der Waals surface area contributed by atoms with Crippen molar-refractivity contribution < 1.29 is 15.3 Å². The zero-order valence-corrected chi connectivity index (χ0v) is 8.57. The number of aliphatic hydroxyl groups is 2. The first kappa shape index (κ1) is 11.4. The Morgan fingerprint density at radius 1 is 1.36 bits per heavy atom. The molecule has 14 heavy (non-hydrogen) atoms. The summed E-state index contributed by atoms with van der Waals surface area (Å²) in [6, 6.07) is 7.01. The lowest BCUT2D eigenvalue weighted by atomic mass is 10.2. The zero-order chi connectivity index (χ0) is 10.4. The molecule has 0 saturated carbocycles. The van der Waals surface area contributed by atoms with Gasteiger partial charge in [0.15, 0.2) is 0 Å². The molecule has 78 valence electrons. The summed E-state index contributed by atoms with van der Waals surface area (Å²) in [5.41, 5.74) is 1.01. The normalized spacial score (nSPS) is 12.7. The Hall–Kier alpha value is -0.710. The fourth-order valence-corrected chi connectivity index (χ4v) is 1.92. The van der Waals surface area contributed by atoms with Crippen molar-refractivity contribution in [3.05, 3.63) is 29.8 Å². The highest BCUT2D eigenvalue weighted by atomic mass is 32.2. The molecule has 3 N–H and O–H groups in total. The van der Waals surface area contributed by atoms with Crippen LogP contribution < -0.4 is 0 Å². The number of aliphatic hydroxyl groups excluding tert-OH is 2. The lowest BCUT2D eigenvalue weighted by Crippen LogP contribution is -2.14. The van der Waals surface area contributed by atoms with Gasteiger partial charge >= 0.3 is 0 Å². The van der Waals surface area contributed by atoms with Gasteiger partial charge in [-0.25, -0.2) is 0 Å². The molecule has 1 aromatic rings. The van der Waals surface area contributed by atoms with Gasteiger partial charge in [-0.05, 0) is 17.7 Å². The number of aromatic hydroxyl groups is 1. The molecule has 0 aromatic heterocycles. The number of phenolic OH excluding ortho intramolecular Hbond substituents is 1. The molecule has 1 atom stereocenters. The van der Waals surface area contributed by atoms with Crippen LogP contribution in [0.4, 0.5) is 0 Å². The third kappa shape index (κ3) is 4.00. The Labute approximate surface area is 87.4 Å². The fraction of sp³-hybridized carbons (Fsp3) is 0.400. The standard InChI is InChI=1S/C10H14O3S/c11-5-10(13)7-14-6-8-2-1-3-9(12)4-8/h1-4,10-13H,5-7H2. The van der Waals surface area contributed by atoms with E-state index in [4.69, 9.17) is 15.3 Å². The smallest absolute Gasteiger partial charge is 0.115 e. The zero-order valence-electron chi connectivity index (χ0n) is 7.76. The van der Waals surface area contributed by atoms with E-state index < -0.39 is 6.10 Å². The third-order valence-electron chi connectivity index (χ3n) is 1.70. The summed E-state index contributed by atoms with van der Waals surface area (Å²) in [5, 5.41) is 26.8. The Bertz CT molecular complexity index is 278. The van der Waals surface area contributed by atoms with Gasteiger partial charge in [0.1, 0.15) is 5.75 Å². The van der Waals surface area contributed by atoms with Gasteiger partial charge in [-0.1, -0.05) is 12.1 Å². The molecule has 0 radical (unpaired) electrons. The molecule has 4 heteroatoms. The van der Waals surface area contributed by atoms with Crippen LogP contribution in [0.25, 0.3) is 0 Å². The number of benzene rings is 1. The molecule has 0 heterocycles. The topological polar surface area (TPSA) is 60.7 Å². The minimum absolute atomic E-state index is 0.201. The maximum Gasteiger partial charge on any atom is 0.115 e. The Morgan fingerprint density at radius 3 is 2.79 bits per heavy atom. The van der Waals surface area contributed by atoms with Crippen molar-refractivity contribution in [1.29, 1.82) is 0 Å². The summed E-state index contributed by atoms with van der Waals surface area (Å²) in [6.07, 6.45) is -0.655. The summed E-state index contributed by atoms with van der Waals surface area (Å²) < 4.78 is 0. The molecule has 0 bridgehead atoms. The molecule has 1 rings (SSSR count). The predicted octanol–water partition coefficient (Wildman–Crippen LogP) is 0.979. The molecular weight excluding hydrogens is 200 g/mol. The molecule has 0 saturated heterocycles. The monoisotopic (exact) mass is 214 g/mol. The van der Waals surface area contributed by atoms with E-state index in [0.29, 0.717) is 5.75 Å². The van der Waals surface area contributed by atoms with Gasteiger partial charge in [0.05, 0.1) is 12.7 Å². The predicted molar refractivity (Wildman–Crippen MR) is 57.4 cm³/mol. The van der Waals surface area contributed by atoms with Gasteiger partial charge in [-0.2, -0.15) is 11.8 Å². The van der Waals surface area contributed by atoms with Gasteiger partial charge in [-0.15, -0.1) is 0 Å². The molecule has 3 nitrogen and oxygen atoms in total. The Balaban J connectivity index is 2.31. The van der Waals surface area contributed by atoms with Crippen LogP contribution in [0.5, 0.6) is 5.75 Å². The van der Waals surface area contributed by atoms with Gasteiger partial charge in [0, 0.05) is 11.5 Å². The van der Waals surface area contributed by atoms with Crippen molar-refractivity contribution in [2.24, 2.45) is 0 Å². The van der Waals surface area contributed by atoms with Gasteiger partial charge < -0.3 is 15.3 Å². The van der Waals surface area contributed by atoms with E-state index >= 15 is 0 Å². The van der Waals surface area contributed by atoms with Crippen LogP contribution in [0.1, 0.15) is 5.56 Å². The van der Waals surface area contributed by atoms with Crippen LogP contribution in [0, 0.1) is 0 Å². The Morgan fingerprint density at radius 2 is 2.14 bits per heavy atom. The summed E-state index contributed by atoms with van der Waals surface area (Å²) in [5.74, 6) is 1.49. The van der Waals surface area contributed by atoms with E-state index in [1.165, 1.54) is 11.8 Å². The molecule has 0 aliphatic rings. The maximum atomic E-state index is 9.17. The summed E-state index contributed by atoms with van der Waals surface area (Å²) in [6.45, 7) is -0.201. The molecular formula is C10H14O3S. The van der Waals surface area contributed by atoms with Crippen LogP contribution in [0.2, 0.25) is 0 Å². The van der Waals surface area contributed by atoms with Gasteiger partial charge in [-0.3, -0.25) is 0 Å². The summed E-state index contributed by atoms with van der Waals surface area (Å²) in [7, 11) is 0. The largest absolute Gasteiger partial charge is 0.508 e. The first-order valence-corrected chi connectivity index (χ1v) is 5.52. The van der Waals surface area contributed by atoms with Crippen LogP contribution in [0.3, 0.4) is 0 Å².